The number of nitrogens with zero attached hydrogens (tertiary/aromatic N) is 3. The third-order valence-electron chi connectivity index (χ3n) is 6.22. The minimum absolute atomic E-state index is 0. The van der Waals surface area contributed by atoms with Crippen molar-refractivity contribution in [3.63, 3.8) is 0 Å². The summed E-state index contributed by atoms with van der Waals surface area (Å²) in [5, 5.41) is 5.66. The quantitative estimate of drug-likeness (QED) is 0.591. The average molecular weight is 531 g/mol. The lowest BCUT2D eigenvalue weighted by Gasteiger charge is -2.28. The lowest BCUT2D eigenvalue weighted by molar-refractivity contribution is -0.129. The van der Waals surface area contributed by atoms with Gasteiger partial charge in [-0.15, -0.1) is 23.7 Å². The maximum absolute atomic E-state index is 13.3. The van der Waals surface area contributed by atoms with Crippen LogP contribution in [0.2, 0.25) is 0 Å². The number of amides is 2. The topological polar surface area (TPSA) is 99.7 Å². The fraction of sp³-hybridized carbons (Fsp3) is 0.500. The van der Waals surface area contributed by atoms with E-state index < -0.39 is 33.9 Å². The SMILES string of the molecule is CC(C)[C@@H]1C(=O)N(S(C)(=O)=O)[C@@H]2CCN(C(=O)c3csc(CNCc4ccc(F)cc4)n3)[C@H]21.Cl. The molecular formula is C22H28ClFN4O4S2. The van der Waals surface area contributed by atoms with Crippen LogP contribution in [-0.2, 0) is 27.9 Å². The maximum Gasteiger partial charge on any atom is 0.273 e. The summed E-state index contributed by atoms with van der Waals surface area (Å²) in [6.45, 7) is 5.13. The maximum atomic E-state index is 13.3. The van der Waals surface area contributed by atoms with Crippen molar-refractivity contribution in [1.29, 1.82) is 0 Å². The number of halogens is 2. The summed E-state index contributed by atoms with van der Waals surface area (Å²) >= 11 is 1.36. The number of carbonyl (C=O) groups excluding carboxylic acids is 2. The molecule has 2 fully saturated rings. The first-order valence-corrected chi connectivity index (χ1v) is 13.5. The summed E-state index contributed by atoms with van der Waals surface area (Å²) in [4.78, 5) is 32.3. The Kier molecular flexibility index (Phi) is 8.01. The average Bonchev–Trinajstić information content (AvgIpc) is 3.42. The van der Waals surface area contributed by atoms with Gasteiger partial charge in [0.15, 0.2) is 0 Å². The van der Waals surface area contributed by atoms with Crippen molar-refractivity contribution in [2.45, 2.75) is 45.4 Å². The van der Waals surface area contributed by atoms with E-state index in [4.69, 9.17) is 0 Å². The second-order valence-corrected chi connectivity index (χ2v) is 11.7. The third kappa shape index (κ3) is 5.12. The van der Waals surface area contributed by atoms with E-state index in [2.05, 4.69) is 10.3 Å². The zero-order valence-corrected chi connectivity index (χ0v) is 21.6. The lowest BCUT2D eigenvalue weighted by Crippen LogP contribution is -2.44. The summed E-state index contributed by atoms with van der Waals surface area (Å²) < 4.78 is 38.6. The zero-order valence-electron chi connectivity index (χ0n) is 19.1. The van der Waals surface area contributed by atoms with Crippen molar-refractivity contribution in [2.24, 2.45) is 11.8 Å². The Balaban J connectivity index is 0.00000324. The largest absolute Gasteiger partial charge is 0.331 e. The monoisotopic (exact) mass is 530 g/mol. The number of carbonyl (C=O) groups is 2. The highest BCUT2D eigenvalue weighted by Crippen LogP contribution is 2.41. The van der Waals surface area contributed by atoms with Crippen molar-refractivity contribution in [3.8, 4) is 0 Å². The first-order chi connectivity index (χ1) is 15.6. The van der Waals surface area contributed by atoms with Gasteiger partial charge in [0.05, 0.1) is 24.3 Å². The summed E-state index contributed by atoms with van der Waals surface area (Å²) in [6.07, 6.45) is 1.47. The summed E-state index contributed by atoms with van der Waals surface area (Å²) in [6, 6.07) is 5.21. The van der Waals surface area contributed by atoms with E-state index in [0.717, 1.165) is 21.1 Å². The van der Waals surface area contributed by atoms with Gasteiger partial charge in [-0.2, -0.15) is 0 Å². The second kappa shape index (κ2) is 10.3. The zero-order chi connectivity index (χ0) is 23.9. The number of thiazole rings is 1. The molecule has 12 heteroatoms. The molecular weight excluding hydrogens is 503 g/mol. The number of aromatic nitrogens is 1. The molecule has 1 aromatic heterocycles. The highest BCUT2D eigenvalue weighted by Gasteiger charge is 2.58. The van der Waals surface area contributed by atoms with E-state index in [0.29, 0.717) is 31.7 Å². The summed E-state index contributed by atoms with van der Waals surface area (Å²) in [5.74, 6) is -1.66. The fourth-order valence-corrected chi connectivity index (χ4v) is 6.73. The number of nitrogens with one attached hydrogen (secondary N) is 1. The molecule has 0 radical (unpaired) electrons. The molecule has 0 unspecified atom stereocenters. The summed E-state index contributed by atoms with van der Waals surface area (Å²) in [5.41, 5.74) is 1.24. The highest BCUT2D eigenvalue weighted by atomic mass is 35.5. The van der Waals surface area contributed by atoms with Crippen LogP contribution in [0, 0.1) is 17.7 Å². The van der Waals surface area contributed by atoms with E-state index in [1.165, 1.54) is 23.5 Å². The number of benzene rings is 1. The van der Waals surface area contributed by atoms with Crippen molar-refractivity contribution in [2.75, 3.05) is 12.8 Å². The van der Waals surface area contributed by atoms with Gasteiger partial charge in [-0.25, -0.2) is 22.1 Å². The predicted octanol–water partition coefficient (Wildman–Crippen LogP) is 2.65. The van der Waals surface area contributed by atoms with Gasteiger partial charge in [0, 0.05) is 25.0 Å². The Hall–Kier alpha value is -2.08. The highest BCUT2D eigenvalue weighted by molar-refractivity contribution is 7.88. The number of fused-ring (bicyclic) bond motifs is 1. The molecule has 1 N–H and O–H groups in total. The summed E-state index contributed by atoms with van der Waals surface area (Å²) in [7, 11) is -3.71. The molecule has 3 atom stereocenters. The van der Waals surface area contributed by atoms with Crippen LogP contribution in [0.25, 0.3) is 0 Å². The molecule has 2 aromatic rings. The minimum atomic E-state index is -3.71. The van der Waals surface area contributed by atoms with E-state index in [-0.39, 0.29) is 30.0 Å². The van der Waals surface area contributed by atoms with E-state index in [9.17, 15) is 22.4 Å². The van der Waals surface area contributed by atoms with Crippen molar-refractivity contribution < 1.29 is 22.4 Å². The number of hydrogen-bond acceptors (Lipinski definition) is 7. The molecule has 8 nitrogen and oxygen atoms in total. The van der Waals surface area contributed by atoms with Crippen LogP contribution in [0.1, 0.15) is 41.3 Å². The van der Waals surface area contributed by atoms with E-state index in [1.807, 2.05) is 13.8 Å². The molecule has 186 valence electrons. The van der Waals surface area contributed by atoms with Crippen molar-refractivity contribution >= 4 is 45.6 Å². The minimum Gasteiger partial charge on any atom is -0.331 e. The Bertz CT molecular complexity index is 1160. The van der Waals surface area contributed by atoms with Crippen LogP contribution in [0.3, 0.4) is 0 Å². The van der Waals surface area contributed by atoms with Crippen molar-refractivity contribution in [3.05, 3.63) is 51.7 Å². The molecule has 0 bridgehead atoms. The van der Waals surface area contributed by atoms with Gasteiger partial charge in [0.2, 0.25) is 15.9 Å². The van der Waals surface area contributed by atoms with Crippen molar-refractivity contribution in [1.82, 2.24) is 19.5 Å². The lowest BCUT2D eigenvalue weighted by atomic mass is 9.88. The number of likely N-dealkylation sites (tertiary alicyclic amines) is 1. The van der Waals surface area contributed by atoms with Gasteiger partial charge in [0.25, 0.3) is 5.91 Å². The Morgan fingerprint density at radius 1 is 1.26 bits per heavy atom. The molecule has 34 heavy (non-hydrogen) atoms. The van der Waals surface area contributed by atoms with Crippen LogP contribution in [0.4, 0.5) is 4.39 Å². The van der Waals surface area contributed by atoms with Gasteiger partial charge in [0.1, 0.15) is 16.5 Å². The number of rotatable bonds is 7. The normalized spacial score (nSPS) is 22.3. The van der Waals surface area contributed by atoms with Crippen LogP contribution >= 0.6 is 23.7 Å². The van der Waals surface area contributed by atoms with Gasteiger partial charge < -0.3 is 10.2 Å². The van der Waals surface area contributed by atoms with Crippen LogP contribution in [-0.4, -0.2) is 59.3 Å². The van der Waals surface area contributed by atoms with Gasteiger partial charge in [-0.05, 0) is 30.0 Å². The molecule has 4 rings (SSSR count). The predicted molar refractivity (Wildman–Crippen MR) is 130 cm³/mol. The molecule has 1 aromatic carbocycles. The first kappa shape index (κ1) is 26.5. The standard InChI is InChI=1S/C22H27FN4O4S2.ClH/c1-13(2)19-20-17(27(22(19)29)33(3,30)31)8-9-26(20)21(28)16-12-32-18(25-16)11-24-10-14-4-6-15(23)7-5-14;/h4-7,12-13,17,19-20,24H,8-11H2,1-3H3;1H/t17-,19+,20-;/m1./s1. The first-order valence-electron chi connectivity index (χ1n) is 10.8. The molecule has 2 aliphatic rings. The third-order valence-corrected chi connectivity index (χ3v) is 8.23. The van der Waals surface area contributed by atoms with Crippen LogP contribution in [0.5, 0.6) is 0 Å². The van der Waals surface area contributed by atoms with Gasteiger partial charge >= 0.3 is 0 Å². The molecule has 0 aliphatic carbocycles. The Morgan fingerprint density at radius 2 is 1.94 bits per heavy atom. The van der Waals surface area contributed by atoms with Gasteiger partial charge in [-0.1, -0.05) is 26.0 Å². The van der Waals surface area contributed by atoms with Crippen LogP contribution < -0.4 is 5.32 Å². The molecule has 0 saturated carbocycles. The van der Waals surface area contributed by atoms with Gasteiger partial charge in [-0.3, -0.25) is 9.59 Å². The number of sulfonamides is 1. The molecule has 2 aliphatic heterocycles. The van der Waals surface area contributed by atoms with Crippen LogP contribution in [0.15, 0.2) is 29.6 Å². The molecule has 2 amide bonds. The Morgan fingerprint density at radius 3 is 2.56 bits per heavy atom. The smallest absolute Gasteiger partial charge is 0.273 e. The fourth-order valence-electron chi connectivity index (χ4n) is 4.82. The van der Waals surface area contributed by atoms with E-state index in [1.54, 1.807) is 22.4 Å². The molecule has 2 saturated heterocycles. The Labute approximate surface area is 209 Å². The molecule has 0 spiro atoms. The second-order valence-electron chi connectivity index (χ2n) is 8.87. The number of hydrogen-bond donors (Lipinski definition) is 1. The van der Waals surface area contributed by atoms with E-state index >= 15 is 0 Å². The molecule has 3 heterocycles.